The summed E-state index contributed by atoms with van der Waals surface area (Å²) in [4.78, 5) is 111. The lowest BCUT2D eigenvalue weighted by molar-refractivity contribution is -0.112. The Kier molecular flexibility index (Phi) is 28.9. The Hall–Kier alpha value is -8.88. The van der Waals surface area contributed by atoms with Gasteiger partial charge in [0.25, 0.3) is 0 Å². The first-order chi connectivity index (χ1) is 63.1. The van der Waals surface area contributed by atoms with Gasteiger partial charge in [-0.15, -0.1) is 47.0 Å². The maximum atomic E-state index is 12.7. The third-order valence-corrected chi connectivity index (χ3v) is 32.8. The van der Waals surface area contributed by atoms with Gasteiger partial charge in [-0.1, -0.05) is 204 Å². The molecule has 0 unspecified atom stereocenters. The third-order valence-electron chi connectivity index (χ3n) is 26.5. The number of allylic oxidation sites excluding steroid dienone is 4. The molecule has 4 spiro atoms. The van der Waals surface area contributed by atoms with Crippen molar-refractivity contribution < 1.29 is 82.5 Å². The maximum absolute atomic E-state index is 12.7. The molecule has 4 saturated heterocycles. The molecule has 0 saturated carbocycles. The minimum absolute atomic E-state index is 0.0898. The maximum Gasteiger partial charge on any atom is 0.243 e. The van der Waals surface area contributed by atoms with Crippen LogP contribution in [0.3, 0.4) is 0 Å². The molecule has 8 heterocycles. The second kappa shape index (κ2) is 40.3. The van der Waals surface area contributed by atoms with Crippen molar-refractivity contribution in [3.8, 4) is 5.75 Å². The van der Waals surface area contributed by atoms with E-state index in [0.717, 1.165) is 146 Å². The average molecular weight is 1970 g/mol. The lowest BCUT2D eigenvalue weighted by Gasteiger charge is -2.45. The van der Waals surface area contributed by atoms with E-state index in [1.807, 2.05) is 140 Å². The van der Waals surface area contributed by atoms with Gasteiger partial charge in [0.1, 0.15) is 83.5 Å². The summed E-state index contributed by atoms with van der Waals surface area (Å²) < 4.78 is 33.6. The van der Waals surface area contributed by atoms with Crippen LogP contribution in [0.15, 0.2) is 229 Å². The van der Waals surface area contributed by atoms with Crippen LogP contribution < -0.4 is 4.74 Å². The number of rotatable bonds is 17. The highest BCUT2D eigenvalue weighted by atomic mass is 79.9. The van der Waals surface area contributed by atoms with Gasteiger partial charge in [0, 0.05) is 206 Å². The second-order valence-electron chi connectivity index (χ2n) is 37.0. The first-order valence-electron chi connectivity index (χ1n) is 44.9. The second-order valence-corrected chi connectivity index (χ2v) is 42.8. The van der Waals surface area contributed by atoms with Gasteiger partial charge in [0.15, 0.2) is 0 Å². The number of thioether (sulfide) groups is 4. The molecular weight excluding hydrogens is 1870 g/mol. The van der Waals surface area contributed by atoms with E-state index >= 15 is 0 Å². The summed E-state index contributed by atoms with van der Waals surface area (Å²) in [6, 6.07) is 63.3. The van der Waals surface area contributed by atoms with Crippen LogP contribution in [-0.2, 0) is 62.8 Å². The van der Waals surface area contributed by atoms with E-state index in [0.29, 0.717) is 144 Å². The number of halogens is 2. The number of Topliss-reactive ketones (excluding diaryl/α,β-unsaturated/α-hetero) is 8. The summed E-state index contributed by atoms with van der Waals surface area (Å²) in [5.41, 5.74) is 7.88. The van der Waals surface area contributed by atoms with Crippen LogP contribution in [0.25, 0.3) is 23.0 Å². The Labute approximate surface area is 797 Å². The minimum Gasteiger partial charge on any atom is -0.491 e. The molecule has 0 bridgehead atoms. The van der Waals surface area contributed by atoms with Gasteiger partial charge in [0.05, 0.1) is 18.3 Å². The van der Waals surface area contributed by atoms with E-state index in [-0.39, 0.29) is 28.8 Å². The summed E-state index contributed by atoms with van der Waals surface area (Å²) >= 11 is 12.8. The molecule has 0 aromatic heterocycles. The lowest BCUT2D eigenvalue weighted by Crippen LogP contribution is -2.51. The van der Waals surface area contributed by atoms with Crippen LogP contribution >= 0.6 is 78.9 Å². The van der Waals surface area contributed by atoms with Crippen molar-refractivity contribution in [2.45, 2.75) is 144 Å². The smallest absolute Gasteiger partial charge is 0.243 e. The normalized spacial score (nSPS) is 21.1. The number of β-amino-alcohol motifs (C(OH)–C–C–N with tert-alkyl or cyclic N) is 4. The zero-order valence-electron chi connectivity index (χ0n) is 73.4. The van der Waals surface area contributed by atoms with Crippen LogP contribution in [0.2, 0.25) is 0 Å². The van der Waals surface area contributed by atoms with Crippen LogP contribution in [-0.4, -0.2) is 241 Å². The quantitative estimate of drug-likeness (QED) is 0.0617. The molecule has 4 fully saturated rings. The van der Waals surface area contributed by atoms with Crippen LogP contribution in [0, 0.1) is 0 Å². The van der Waals surface area contributed by atoms with Gasteiger partial charge in [-0.2, -0.15) is 0 Å². The summed E-state index contributed by atoms with van der Waals surface area (Å²) in [7, 11) is 0. The predicted octanol–water partition coefficient (Wildman–Crippen LogP) is 15.9. The first kappa shape index (κ1) is 93.9. The Morgan fingerprint density at radius 2 is 0.588 bits per heavy atom. The molecule has 131 heavy (non-hydrogen) atoms. The number of carbonyl (C=O) groups excluding carboxylic acids is 8. The van der Waals surface area contributed by atoms with Gasteiger partial charge in [-0.05, 0) is 95.5 Å². The molecule has 8 aromatic rings. The first-order valence-corrected chi connectivity index (χ1v) is 50.5. The number of ether oxygens (including phenoxy) is 5. The number of aliphatic hydroxyl groups is 4. The molecule has 4 N–H and O–H groups in total. The molecule has 27 heteroatoms. The fourth-order valence-corrected chi connectivity index (χ4v) is 24.8. The zero-order chi connectivity index (χ0) is 91.5. The Morgan fingerprint density at radius 3 is 0.878 bits per heavy atom. The molecule has 4 aliphatic carbocycles. The van der Waals surface area contributed by atoms with Crippen molar-refractivity contribution in [1.29, 1.82) is 0 Å². The van der Waals surface area contributed by atoms with E-state index in [1.54, 1.807) is 48.5 Å². The number of piperidine rings is 4. The number of hydrogen-bond donors (Lipinski definition) is 4. The standard InChI is InChI=1S/C29H32BrNO5S.C25H24BrNO4S.2C25H25NO4S/c1-28(2,3)18-4-7-21(8-5-18)35-16-20(32)15-31-12-10-29(11-13-31)17-37-27-25(34)24(33)22-9-6-19(30)14-23(22)26(27)36-29;26-17-6-7-19-20(13-17)23-24(22(30)21(19)29)32-15-25(31-23)8-10-27(11-9-25)14-18(28)12-16-4-2-1-3-5-16;2*27-18(14-17-6-2-1-3-7-17)15-26-12-10-25(11-13-26)16-31-24-22(29)21(28)19-8-4-5-9-20(19)23(24)30-25/h4-9,14,20,32H,10-13,15-17H2,1-3H3;1-7,13,18,28H,8-12,14-15H2;2*1-9,18,27H,10-16H2/t20-;3*18-/m0010/s1. The van der Waals surface area contributed by atoms with E-state index in [4.69, 9.17) is 23.7 Å². The van der Waals surface area contributed by atoms with Gasteiger partial charge in [-0.3, -0.25) is 38.4 Å². The summed E-state index contributed by atoms with van der Waals surface area (Å²) in [6.45, 7) is 15.8. The molecule has 0 radical (unpaired) electrons. The highest BCUT2D eigenvalue weighted by Crippen LogP contribution is 2.53. The topological polar surface area (TPSA) is 277 Å². The molecule has 20 rings (SSSR count). The van der Waals surface area contributed by atoms with Gasteiger partial charge < -0.3 is 63.7 Å². The van der Waals surface area contributed by atoms with E-state index in [2.05, 4.69) is 84.4 Å². The fourth-order valence-electron chi connectivity index (χ4n) is 19.0. The van der Waals surface area contributed by atoms with Crippen molar-refractivity contribution >= 4 is 148 Å². The number of nitrogens with zero attached hydrogens (tertiary/aromatic N) is 4. The van der Waals surface area contributed by atoms with Crippen LogP contribution in [0.4, 0.5) is 0 Å². The number of fused-ring (bicyclic) bond motifs is 8. The number of benzene rings is 8. The highest BCUT2D eigenvalue weighted by molar-refractivity contribution is 9.10. The Morgan fingerprint density at radius 1 is 0.328 bits per heavy atom. The number of likely N-dealkylation sites (tertiary alicyclic amines) is 4. The molecule has 21 nitrogen and oxygen atoms in total. The van der Waals surface area contributed by atoms with Gasteiger partial charge in [-0.25, -0.2) is 0 Å². The summed E-state index contributed by atoms with van der Waals surface area (Å²) in [5.74, 6) is 2.01. The van der Waals surface area contributed by atoms with E-state index in [9.17, 15) is 58.8 Å². The number of carbonyl (C=O) groups is 8. The van der Waals surface area contributed by atoms with Crippen molar-refractivity contribution in [3.05, 3.63) is 296 Å². The lowest BCUT2D eigenvalue weighted by atomic mass is 9.87. The number of ketones is 8. The zero-order valence-corrected chi connectivity index (χ0v) is 79.9. The number of aliphatic hydroxyl groups excluding tert-OH is 4. The monoisotopic (exact) mass is 1970 g/mol. The molecule has 0 amide bonds. The van der Waals surface area contributed by atoms with E-state index < -0.39 is 76.3 Å². The Bertz CT molecular complexity index is 5660. The average Bonchev–Trinajstić information content (AvgIpc) is 0.759. The predicted molar refractivity (Wildman–Crippen MR) is 519 cm³/mol. The van der Waals surface area contributed by atoms with Crippen molar-refractivity contribution in [2.24, 2.45) is 0 Å². The molecule has 8 aromatic carbocycles. The molecule has 8 aliphatic heterocycles. The summed E-state index contributed by atoms with van der Waals surface area (Å²) in [6.07, 6.45) is 6.67. The summed E-state index contributed by atoms with van der Waals surface area (Å²) in [5, 5.41) is 42.2. The Balaban J connectivity index is 0.000000122. The number of hydrogen-bond acceptors (Lipinski definition) is 25. The van der Waals surface area contributed by atoms with Crippen LogP contribution in [0.1, 0.15) is 158 Å². The van der Waals surface area contributed by atoms with E-state index in [1.165, 1.54) is 52.6 Å². The molecule has 682 valence electrons. The molecule has 12 aliphatic rings. The van der Waals surface area contributed by atoms with Gasteiger partial charge in [0.2, 0.25) is 46.3 Å². The molecule has 4 atom stereocenters. The largest absolute Gasteiger partial charge is 0.491 e. The molecular formula is C104H106Br2N4O17S4. The van der Waals surface area contributed by atoms with Gasteiger partial charge >= 0.3 is 0 Å². The van der Waals surface area contributed by atoms with Crippen LogP contribution in [0.5, 0.6) is 5.75 Å². The van der Waals surface area contributed by atoms with Crippen molar-refractivity contribution in [2.75, 3.05) is 108 Å². The highest BCUT2D eigenvalue weighted by Gasteiger charge is 2.52. The van der Waals surface area contributed by atoms with Crippen molar-refractivity contribution in [1.82, 2.24) is 19.6 Å². The SMILES string of the molecule is CC(C)(C)c1ccc(OC[C@@H](O)CN2CCC3(CC2)CSC2=C(O3)c3cc(Br)ccc3C(=O)C2=O)cc1.O=C1C(=O)c2ccc(Br)cc2C2=C1SCC1(CCN(C[C@@H](O)Cc3ccccc3)CC1)O2.O=C1C(=O)c2ccccc2C2=C1SCC1(CCN(C[C@@H](O)Cc3ccccc3)CC1)O2.O=C1C(=O)c2ccccc2C2=C1SCC1(CCN(C[C@H](O)Cc3ccccc3)CC1)O2. The fraction of sp³-hybridized carbons (Fsp3) is 0.385. The minimum atomic E-state index is -0.599. The van der Waals surface area contributed by atoms with Crippen molar-refractivity contribution in [3.63, 3.8) is 0 Å². The third kappa shape index (κ3) is 21.3.